The highest BCUT2D eigenvalue weighted by molar-refractivity contribution is 7.18. The molecular weight excluding hydrogens is 348 g/mol. The van der Waals surface area contributed by atoms with Gasteiger partial charge in [-0.15, -0.1) is 11.3 Å². The Hall–Kier alpha value is -1.99. The number of Topliss-reactive ketones (excluding diaryl/α,β-unsaturated/α-hetero) is 1. The molecule has 6 nitrogen and oxygen atoms in total. The monoisotopic (exact) mass is 364 g/mol. The molecule has 1 aliphatic rings. The maximum atomic E-state index is 12.3. The van der Waals surface area contributed by atoms with E-state index in [1.54, 1.807) is 35.5 Å². The van der Waals surface area contributed by atoms with Gasteiger partial charge in [-0.05, 0) is 18.2 Å². The number of piperazine rings is 1. The average molecular weight is 365 g/mol. The van der Waals surface area contributed by atoms with Gasteiger partial charge in [0.15, 0.2) is 5.78 Å². The quantitative estimate of drug-likeness (QED) is 0.762. The summed E-state index contributed by atoms with van der Waals surface area (Å²) in [5, 5.41) is 0. The Labute approximate surface area is 149 Å². The van der Waals surface area contributed by atoms with Gasteiger partial charge in [0.05, 0.1) is 9.21 Å². The Morgan fingerprint density at radius 2 is 1.79 bits per heavy atom. The summed E-state index contributed by atoms with van der Waals surface area (Å²) in [6.07, 6.45) is 3.87. The van der Waals surface area contributed by atoms with Gasteiger partial charge in [-0.25, -0.2) is 9.97 Å². The summed E-state index contributed by atoms with van der Waals surface area (Å²) in [4.78, 5) is 37.2. The van der Waals surface area contributed by atoms with Crippen molar-refractivity contribution in [2.75, 3.05) is 31.1 Å². The fraction of sp³-hybridized carbons (Fsp3) is 0.375. The molecule has 3 heterocycles. The number of amides is 1. The number of carbonyl (C=O) groups is 2. The maximum Gasteiger partial charge on any atom is 0.225 e. The lowest BCUT2D eigenvalue weighted by Crippen LogP contribution is -2.49. The zero-order valence-electron chi connectivity index (χ0n) is 13.0. The molecule has 126 valence electrons. The van der Waals surface area contributed by atoms with Crippen LogP contribution in [-0.2, 0) is 4.79 Å². The van der Waals surface area contributed by atoms with Crippen LogP contribution in [0.1, 0.15) is 22.5 Å². The van der Waals surface area contributed by atoms with Crippen molar-refractivity contribution in [2.24, 2.45) is 0 Å². The fourth-order valence-electron chi connectivity index (χ4n) is 2.58. The molecule has 0 spiro atoms. The van der Waals surface area contributed by atoms with Crippen molar-refractivity contribution in [3.05, 3.63) is 39.8 Å². The summed E-state index contributed by atoms with van der Waals surface area (Å²) in [5.41, 5.74) is 0. The van der Waals surface area contributed by atoms with E-state index in [-0.39, 0.29) is 24.5 Å². The van der Waals surface area contributed by atoms with E-state index < -0.39 is 0 Å². The van der Waals surface area contributed by atoms with Crippen LogP contribution in [0.5, 0.6) is 0 Å². The second kappa shape index (κ2) is 7.72. The molecule has 0 saturated carbocycles. The van der Waals surface area contributed by atoms with Crippen molar-refractivity contribution < 1.29 is 9.59 Å². The van der Waals surface area contributed by atoms with Gasteiger partial charge in [0.1, 0.15) is 0 Å². The van der Waals surface area contributed by atoms with Crippen molar-refractivity contribution in [1.29, 1.82) is 0 Å². The molecule has 3 rings (SSSR count). The van der Waals surface area contributed by atoms with Gasteiger partial charge in [0.2, 0.25) is 11.9 Å². The number of anilines is 1. The topological polar surface area (TPSA) is 66.4 Å². The third-order valence-electron chi connectivity index (χ3n) is 3.88. The van der Waals surface area contributed by atoms with E-state index in [9.17, 15) is 9.59 Å². The number of carbonyl (C=O) groups excluding carboxylic acids is 2. The van der Waals surface area contributed by atoms with Crippen molar-refractivity contribution in [2.45, 2.75) is 12.8 Å². The summed E-state index contributed by atoms with van der Waals surface area (Å²) in [5.74, 6) is 0.672. The molecule has 1 saturated heterocycles. The summed E-state index contributed by atoms with van der Waals surface area (Å²) < 4.78 is 0.587. The number of aromatic nitrogens is 2. The van der Waals surface area contributed by atoms with Crippen LogP contribution >= 0.6 is 22.9 Å². The van der Waals surface area contributed by atoms with Gasteiger partial charge in [0.25, 0.3) is 0 Å². The minimum atomic E-state index is -0.0310. The molecule has 0 atom stereocenters. The van der Waals surface area contributed by atoms with Crippen molar-refractivity contribution in [3.63, 3.8) is 0 Å². The smallest absolute Gasteiger partial charge is 0.225 e. The van der Waals surface area contributed by atoms with Gasteiger partial charge in [-0.2, -0.15) is 0 Å². The lowest BCUT2D eigenvalue weighted by molar-refractivity contribution is -0.131. The SMILES string of the molecule is O=C(CCC(=O)N1CCN(c2ncccn2)CC1)c1ccc(Cl)s1. The summed E-state index contributed by atoms with van der Waals surface area (Å²) >= 11 is 7.08. The van der Waals surface area contributed by atoms with Crippen molar-refractivity contribution in [3.8, 4) is 0 Å². The summed E-state index contributed by atoms with van der Waals surface area (Å²) in [6, 6.07) is 5.19. The molecule has 0 bridgehead atoms. The maximum absolute atomic E-state index is 12.3. The zero-order valence-corrected chi connectivity index (χ0v) is 14.6. The molecule has 0 radical (unpaired) electrons. The Kier molecular flexibility index (Phi) is 5.42. The second-order valence-electron chi connectivity index (χ2n) is 5.44. The number of hydrogen-bond acceptors (Lipinski definition) is 6. The molecular formula is C16H17ClN4O2S. The van der Waals surface area contributed by atoms with Gasteiger partial charge in [-0.1, -0.05) is 11.6 Å². The lowest BCUT2D eigenvalue weighted by atomic mass is 10.1. The number of halogens is 1. The molecule has 0 aromatic carbocycles. The highest BCUT2D eigenvalue weighted by atomic mass is 35.5. The average Bonchev–Trinajstić information content (AvgIpc) is 3.07. The van der Waals surface area contributed by atoms with Crippen LogP contribution < -0.4 is 4.90 Å². The summed E-state index contributed by atoms with van der Waals surface area (Å²) in [7, 11) is 0. The standard InChI is InChI=1S/C16H17ClN4O2S/c17-14-4-3-13(24-14)12(22)2-5-15(23)20-8-10-21(11-9-20)16-18-6-1-7-19-16/h1,3-4,6-7H,2,5,8-11H2. The van der Waals surface area contributed by atoms with Crippen LogP contribution in [-0.4, -0.2) is 52.7 Å². The number of rotatable bonds is 5. The van der Waals surface area contributed by atoms with Gasteiger partial charge < -0.3 is 9.80 Å². The summed E-state index contributed by atoms with van der Waals surface area (Å²) in [6.45, 7) is 2.64. The molecule has 2 aromatic heterocycles. The molecule has 8 heteroatoms. The highest BCUT2D eigenvalue weighted by Gasteiger charge is 2.23. The largest absolute Gasteiger partial charge is 0.339 e. The molecule has 24 heavy (non-hydrogen) atoms. The number of thiophene rings is 1. The molecule has 1 aliphatic heterocycles. The molecule has 0 unspecified atom stereocenters. The third-order valence-corrected chi connectivity index (χ3v) is 5.15. The second-order valence-corrected chi connectivity index (χ2v) is 7.16. The minimum absolute atomic E-state index is 0.0135. The van der Waals surface area contributed by atoms with E-state index in [1.807, 2.05) is 0 Å². The Morgan fingerprint density at radius 3 is 2.42 bits per heavy atom. The van der Waals surface area contributed by atoms with E-state index >= 15 is 0 Å². The lowest BCUT2D eigenvalue weighted by Gasteiger charge is -2.34. The highest BCUT2D eigenvalue weighted by Crippen LogP contribution is 2.23. The zero-order chi connectivity index (χ0) is 16.9. The van der Waals surface area contributed by atoms with E-state index in [0.717, 1.165) is 0 Å². The van der Waals surface area contributed by atoms with Crippen LogP contribution in [0.3, 0.4) is 0 Å². The van der Waals surface area contributed by atoms with Crippen LogP contribution in [0.2, 0.25) is 4.34 Å². The van der Waals surface area contributed by atoms with E-state index in [0.29, 0.717) is 41.3 Å². The number of hydrogen-bond donors (Lipinski definition) is 0. The van der Waals surface area contributed by atoms with E-state index in [2.05, 4.69) is 14.9 Å². The Bertz CT molecular complexity index is 714. The normalized spacial score (nSPS) is 14.7. The molecule has 0 aliphatic carbocycles. The number of nitrogens with zero attached hydrogens (tertiary/aromatic N) is 4. The predicted molar refractivity (Wildman–Crippen MR) is 93.7 cm³/mol. The minimum Gasteiger partial charge on any atom is -0.339 e. The van der Waals surface area contributed by atoms with Gasteiger partial charge in [-0.3, -0.25) is 9.59 Å². The van der Waals surface area contributed by atoms with Crippen molar-refractivity contribution >= 4 is 40.6 Å². The first-order valence-electron chi connectivity index (χ1n) is 7.72. The molecule has 1 fully saturated rings. The molecule has 1 amide bonds. The first-order chi connectivity index (χ1) is 11.6. The van der Waals surface area contributed by atoms with Crippen LogP contribution in [0, 0.1) is 0 Å². The fourth-order valence-corrected chi connectivity index (χ4v) is 3.59. The predicted octanol–water partition coefficient (Wildman–Crippen LogP) is 2.50. The van der Waals surface area contributed by atoms with Crippen molar-refractivity contribution in [1.82, 2.24) is 14.9 Å². The Balaban J connectivity index is 1.46. The van der Waals surface area contributed by atoms with Crippen LogP contribution in [0.25, 0.3) is 0 Å². The van der Waals surface area contributed by atoms with Gasteiger partial charge in [0, 0.05) is 51.4 Å². The number of ketones is 1. The molecule has 0 N–H and O–H groups in total. The van der Waals surface area contributed by atoms with E-state index in [4.69, 9.17) is 11.6 Å². The Morgan fingerprint density at radius 1 is 1.08 bits per heavy atom. The van der Waals surface area contributed by atoms with Gasteiger partial charge >= 0.3 is 0 Å². The van der Waals surface area contributed by atoms with Crippen LogP contribution in [0.15, 0.2) is 30.6 Å². The molecule has 2 aromatic rings. The van der Waals surface area contributed by atoms with E-state index in [1.165, 1.54) is 11.3 Å². The first kappa shape index (κ1) is 16.9. The van der Waals surface area contributed by atoms with Crippen LogP contribution in [0.4, 0.5) is 5.95 Å². The first-order valence-corrected chi connectivity index (χ1v) is 8.91. The third kappa shape index (κ3) is 4.10.